The molecule has 0 atom stereocenters. The van der Waals surface area contributed by atoms with Gasteiger partial charge in [0.15, 0.2) is 0 Å². The minimum atomic E-state index is -0.0803. The summed E-state index contributed by atoms with van der Waals surface area (Å²) in [6.07, 6.45) is 2.68. The highest BCUT2D eigenvalue weighted by Crippen LogP contribution is 2.17. The van der Waals surface area contributed by atoms with Crippen molar-refractivity contribution in [3.8, 4) is 0 Å². The smallest absolute Gasteiger partial charge is 0.0593 e. The maximum absolute atomic E-state index is 8.83. The lowest BCUT2D eigenvalue weighted by atomic mass is 10.0. The Morgan fingerprint density at radius 3 is 2.67 bits per heavy atom. The fourth-order valence-corrected chi connectivity index (χ4v) is 1.14. The van der Waals surface area contributed by atoms with Crippen molar-refractivity contribution in [2.75, 3.05) is 6.61 Å². The second-order valence-corrected chi connectivity index (χ2v) is 3.69. The zero-order valence-electron chi connectivity index (χ0n) is 7.91. The van der Waals surface area contributed by atoms with Crippen LogP contribution in [0.25, 0.3) is 0 Å². The van der Waals surface area contributed by atoms with Crippen molar-refractivity contribution in [2.24, 2.45) is 0 Å². The third kappa shape index (κ3) is 1.85. The molecular weight excluding hydrogens is 152 g/mol. The van der Waals surface area contributed by atoms with Gasteiger partial charge in [0.05, 0.1) is 11.2 Å². The van der Waals surface area contributed by atoms with Gasteiger partial charge in [-0.1, -0.05) is 0 Å². The molecule has 1 aromatic rings. The van der Waals surface area contributed by atoms with E-state index < -0.39 is 0 Å². The summed E-state index contributed by atoms with van der Waals surface area (Å²) in [6.45, 7) is 6.29. The normalized spacial score (nSPS) is 12.0. The zero-order chi connectivity index (χ0) is 9.19. The molecule has 0 bridgehead atoms. The Morgan fingerprint density at radius 2 is 2.25 bits per heavy atom. The van der Waals surface area contributed by atoms with Crippen LogP contribution in [0, 0.1) is 6.92 Å². The molecule has 0 saturated heterocycles. The molecule has 1 aromatic heterocycles. The molecule has 3 heteroatoms. The summed E-state index contributed by atoms with van der Waals surface area (Å²) in [7, 11) is 0. The average molecular weight is 168 g/mol. The van der Waals surface area contributed by atoms with Gasteiger partial charge in [-0.05, 0) is 33.3 Å². The number of aromatic nitrogens is 2. The number of aliphatic hydroxyl groups excluding tert-OH is 1. The highest BCUT2D eigenvalue weighted by atomic mass is 16.3. The lowest BCUT2D eigenvalue weighted by Crippen LogP contribution is -2.28. The molecule has 0 fully saturated rings. The van der Waals surface area contributed by atoms with Crippen molar-refractivity contribution < 1.29 is 5.11 Å². The van der Waals surface area contributed by atoms with E-state index in [1.165, 1.54) is 0 Å². The van der Waals surface area contributed by atoms with Crippen LogP contribution in [0.15, 0.2) is 12.3 Å². The molecule has 0 aliphatic carbocycles. The standard InChI is InChI=1S/C9H16N2O/c1-8-4-6-11(10-8)9(2,3)5-7-12/h4,6,12H,5,7H2,1-3H3. The molecule has 68 valence electrons. The van der Waals surface area contributed by atoms with E-state index in [9.17, 15) is 0 Å². The van der Waals surface area contributed by atoms with Crippen LogP contribution in [0.4, 0.5) is 0 Å². The molecular formula is C9H16N2O. The van der Waals surface area contributed by atoms with Crippen molar-refractivity contribution >= 4 is 0 Å². The predicted molar refractivity (Wildman–Crippen MR) is 48.0 cm³/mol. The Kier molecular flexibility index (Phi) is 2.52. The van der Waals surface area contributed by atoms with Gasteiger partial charge in [-0.15, -0.1) is 0 Å². The van der Waals surface area contributed by atoms with E-state index in [1.54, 1.807) is 0 Å². The number of hydrogen-bond acceptors (Lipinski definition) is 2. The van der Waals surface area contributed by atoms with Crippen molar-refractivity contribution in [2.45, 2.75) is 32.7 Å². The average Bonchev–Trinajstić information content (AvgIpc) is 2.36. The fraction of sp³-hybridized carbons (Fsp3) is 0.667. The molecule has 0 radical (unpaired) electrons. The van der Waals surface area contributed by atoms with Gasteiger partial charge in [-0.3, -0.25) is 4.68 Å². The molecule has 0 aliphatic heterocycles. The molecule has 0 aliphatic rings. The molecule has 1 rings (SSSR count). The quantitative estimate of drug-likeness (QED) is 0.739. The lowest BCUT2D eigenvalue weighted by Gasteiger charge is -2.24. The summed E-state index contributed by atoms with van der Waals surface area (Å²) >= 11 is 0. The highest BCUT2D eigenvalue weighted by molar-refractivity contribution is 4.97. The summed E-state index contributed by atoms with van der Waals surface area (Å²) in [5.41, 5.74) is 0.934. The van der Waals surface area contributed by atoms with Crippen LogP contribution in [-0.2, 0) is 5.54 Å². The minimum absolute atomic E-state index is 0.0803. The van der Waals surface area contributed by atoms with Gasteiger partial charge >= 0.3 is 0 Å². The maximum atomic E-state index is 8.83. The number of hydrogen-bond donors (Lipinski definition) is 1. The van der Waals surface area contributed by atoms with Gasteiger partial charge in [0.2, 0.25) is 0 Å². The third-order valence-electron chi connectivity index (χ3n) is 2.07. The number of aryl methyl sites for hydroxylation is 1. The van der Waals surface area contributed by atoms with Crippen LogP contribution in [-0.4, -0.2) is 21.5 Å². The van der Waals surface area contributed by atoms with Crippen molar-refractivity contribution in [1.29, 1.82) is 0 Å². The first-order valence-electron chi connectivity index (χ1n) is 4.20. The Hall–Kier alpha value is -0.830. The van der Waals surface area contributed by atoms with Crippen LogP contribution in [0.3, 0.4) is 0 Å². The van der Waals surface area contributed by atoms with Gasteiger partial charge in [0.1, 0.15) is 0 Å². The van der Waals surface area contributed by atoms with Gasteiger partial charge in [-0.2, -0.15) is 5.10 Å². The summed E-state index contributed by atoms with van der Waals surface area (Å²) in [4.78, 5) is 0. The monoisotopic (exact) mass is 168 g/mol. The topological polar surface area (TPSA) is 38.0 Å². The molecule has 1 heterocycles. The van der Waals surface area contributed by atoms with Crippen LogP contribution < -0.4 is 0 Å². The van der Waals surface area contributed by atoms with Crippen LogP contribution >= 0.6 is 0 Å². The van der Waals surface area contributed by atoms with E-state index in [0.717, 1.165) is 12.1 Å². The van der Waals surface area contributed by atoms with Crippen LogP contribution in [0.1, 0.15) is 26.0 Å². The molecule has 3 nitrogen and oxygen atoms in total. The van der Waals surface area contributed by atoms with Gasteiger partial charge < -0.3 is 5.11 Å². The SMILES string of the molecule is Cc1ccn(C(C)(C)CCO)n1. The Balaban J connectivity index is 2.81. The lowest BCUT2D eigenvalue weighted by molar-refractivity contribution is 0.201. The van der Waals surface area contributed by atoms with Gasteiger partial charge in [0, 0.05) is 12.8 Å². The van der Waals surface area contributed by atoms with E-state index in [4.69, 9.17) is 5.11 Å². The second kappa shape index (κ2) is 3.27. The van der Waals surface area contributed by atoms with Gasteiger partial charge in [-0.25, -0.2) is 0 Å². The fourth-order valence-electron chi connectivity index (χ4n) is 1.14. The van der Waals surface area contributed by atoms with E-state index >= 15 is 0 Å². The Morgan fingerprint density at radius 1 is 1.58 bits per heavy atom. The van der Waals surface area contributed by atoms with Gasteiger partial charge in [0.25, 0.3) is 0 Å². The first kappa shape index (κ1) is 9.26. The maximum Gasteiger partial charge on any atom is 0.0593 e. The van der Waals surface area contributed by atoms with E-state index in [2.05, 4.69) is 18.9 Å². The van der Waals surface area contributed by atoms with Crippen LogP contribution in [0.2, 0.25) is 0 Å². The molecule has 0 spiro atoms. The second-order valence-electron chi connectivity index (χ2n) is 3.69. The van der Waals surface area contributed by atoms with E-state index in [0.29, 0.717) is 0 Å². The molecule has 12 heavy (non-hydrogen) atoms. The number of aliphatic hydroxyl groups is 1. The molecule has 1 N–H and O–H groups in total. The summed E-state index contributed by atoms with van der Waals surface area (Å²) in [6, 6.07) is 1.97. The molecule has 0 amide bonds. The summed E-state index contributed by atoms with van der Waals surface area (Å²) < 4.78 is 1.90. The van der Waals surface area contributed by atoms with Crippen molar-refractivity contribution in [3.05, 3.63) is 18.0 Å². The summed E-state index contributed by atoms with van der Waals surface area (Å²) in [5, 5.41) is 13.1. The number of nitrogens with zero attached hydrogens (tertiary/aromatic N) is 2. The zero-order valence-corrected chi connectivity index (χ0v) is 7.91. The number of rotatable bonds is 3. The van der Waals surface area contributed by atoms with Crippen LogP contribution in [0.5, 0.6) is 0 Å². The first-order chi connectivity index (χ1) is 5.56. The van der Waals surface area contributed by atoms with Crippen molar-refractivity contribution in [1.82, 2.24) is 9.78 Å². The first-order valence-corrected chi connectivity index (χ1v) is 4.20. The highest BCUT2D eigenvalue weighted by Gasteiger charge is 2.19. The Labute approximate surface area is 73.0 Å². The minimum Gasteiger partial charge on any atom is -0.396 e. The molecule has 0 unspecified atom stereocenters. The summed E-state index contributed by atoms with van der Waals surface area (Å²) in [5.74, 6) is 0. The third-order valence-corrected chi connectivity index (χ3v) is 2.07. The van der Waals surface area contributed by atoms with E-state index in [-0.39, 0.29) is 12.1 Å². The van der Waals surface area contributed by atoms with Crippen molar-refractivity contribution in [3.63, 3.8) is 0 Å². The molecule has 0 aromatic carbocycles. The molecule has 0 saturated carbocycles. The van der Waals surface area contributed by atoms with E-state index in [1.807, 2.05) is 23.9 Å². The predicted octanol–water partition coefficient (Wildman–Crippen LogP) is 1.31. The Bertz CT molecular complexity index is 253. The largest absolute Gasteiger partial charge is 0.396 e.